The first-order chi connectivity index (χ1) is 8.83. The monoisotopic (exact) mass is 237 g/mol. The molecule has 0 aliphatic heterocycles. The Hall–Kier alpha value is -2.74. The molecule has 5 heteroatoms. The number of rotatable bonds is 2. The van der Waals surface area contributed by atoms with E-state index in [2.05, 4.69) is 21.7 Å². The summed E-state index contributed by atoms with van der Waals surface area (Å²) >= 11 is 0. The zero-order valence-corrected chi connectivity index (χ0v) is 9.81. The molecule has 0 aliphatic carbocycles. The first-order valence-corrected chi connectivity index (χ1v) is 5.56. The fraction of sp³-hybridized carbons (Fsp3) is 0.0769. The molecular formula is C13H11N5. The van der Waals surface area contributed by atoms with Crippen molar-refractivity contribution in [3.05, 3.63) is 42.2 Å². The van der Waals surface area contributed by atoms with Crippen LogP contribution in [-0.2, 0) is 0 Å². The van der Waals surface area contributed by atoms with Gasteiger partial charge in [0.2, 0.25) is 0 Å². The van der Waals surface area contributed by atoms with E-state index in [1.165, 1.54) is 0 Å². The molecule has 1 aromatic carbocycles. The van der Waals surface area contributed by atoms with Crippen LogP contribution in [0.15, 0.2) is 36.7 Å². The van der Waals surface area contributed by atoms with Gasteiger partial charge in [-0.05, 0) is 24.3 Å². The predicted molar refractivity (Wildman–Crippen MR) is 69.5 cm³/mol. The quantitative estimate of drug-likeness (QED) is 0.717. The first-order valence-electron chi connectivity index (χ1n) is 5.56. The highest BCUT2D eigenvalue weighted by Gasteiger charge is 2.10. The Bertz CT molecular complexity index is 731. The van der Waals surface area contributed by atoms with Gasteiger partial charge in [-0.15, -0.1) is 0 Å². The van der Waals surface area contributed by atoms with Gasteiger partial charge in [-0.1, -0.05) is 0 Å². The minimum Gasteiger partial charge on any atom is -0.328 e. The van der Waals surface area contributed by atoms with E-state index >= 15 is 0 Å². The molecule has 0 bridgehead atoms. The highest BCUT2D eigenvalue weighted by molar-refractivity contribution is 5.88. The summed E-state index contributed by atoms with van der Waals surface area (Å²) in [7, 11) is 1.86. The number of H-pyrrole nitrogens is 1. The van der Waals surface area contributed by atoms with E-state index in [1.54, 1.807) is 6.20 Å². The normalized spacial score (nSPS) is 10.4. The van der Waals surface area contributed by atoms with Crippen LogP contribution >= 0.6 is 0 Å². The van der Waals surface area contributed by atoms with E-state index in [4.69, 9.17) is 5.26 Å². The Balaban J connectivity index is 2.30. The summed E-state index contributed by atoms with van der Waals surface area (Å²) in [6.45, 7) is 0. The minimum atomic E-state index is 0.662. The van der Waals surface area contributed by atoms with Crippen molar-refractivity contribution in [2.45, 2.75) is 0 Å². The van der Waals surface area contributed by atoms with Gasteiger partial charge in [0.15, 0.2) is 0 Å². The highest BCUT2D eigenvalue weighted by Crippen LogP contribution is 2.27. The van der Waals surface area contributed by atoms with Gasteiger partial charge in [0.1, 0.15) is 0 Å². The molecule has 0 saturated heterocycles. The summed E-state index contributed by atoms with van der Waals surface area (Å²) in [6.07, 6.45) is 3.61. The molecule has 5 nitrogen and oxygen atoms in total. The summed E-state index contributed by atoms with van der Waals surface area (Å²) < 4.78 is 1.97. The van der Waals surface area contributed by atoms with Crippen molar-refractivity contribution in [2.24, 2.45) is 0 Å². The topological polar surface area (TPSA) is 69.4 Å². The maximum atomic E-state index is 8.93. The molecule has 18 heavy (non-hydrogen) atoms. The molecule has 0 unspecified atom stereocenters. The van der Waals surface area contributed by atoms with Crippen molar-refractivity contribution in [2.75, 3.05) is 12.5 Å². The van der Waals surface area contributed by atoms with Crippen LogP contribution in [0, 0.1) is 11.3 Å². The van der Waals surface area contributed by atoms with Gasteiger partial charge < -0.3 is 5.43 Å². The number of benzene rings is 1. The van der Waals surface area contributed by atoms with Crippen LogP contribution in [0.25, 0.3) is 22.2 Å². The summed E-state index contributed by atoms with van der Waals surface area (Å²) in [5.74, 6) is 0. The van der Waals surface area contributed by atoms with Crippen LogP contribution in [0.1, 0.15) is 5.56 Å². The summed E-state index contributed by atoms with van der Waals surface area (Å²) in [6, 6.07) is 9.83. The molecule has 2 aromatic heterocycles. The highest BCUT2D eigenvalue weighted by atomic mass is 15.4. The number of hydrogen-bond acceptors (Lipinski definition) is 3. The molecule has 3 aromatic rings. The summed E-state index contributed by atoms with van der Waals surface area (Å²) in [4.78, 5) is 0. The number of nitrogens with zero attached hydrogens (tertiary/aromatic N) is 3. The Kier molecular flexibility index (Phi) is 2.27. The molecule has 0 radical (unpaired) electrons. The molecule has 0 atom stereocenters. The average molecular weight is 237 g/mol. The van der Waals surface area contributed by atoms with Crippen molar-refractivity contribution in [1.29, 1.82) is 5.26 Å². The number of nitriles is 1. The Labute approximate surface area is 104 Å². The van der Waals surface area contributed by atoms with E-state index in [1.807, 2.05) is 42.2 Å². The number of nitrogens with one attached hydrogen (secondary N) is 2. The van der Waals surface area contributed by atoms with Crippen LogP contribution in [0.5, 0.6) is 0 Å². The molecule has 2 N–H and O–H groups in total. The van der Waals surface area contributed by atoms with Gasteiger partial charge >= 0.3 is 0 Å². The first kappa shape index (κ1) is 10.4. The Morgan fingerprint density at radius 3 is 2.94 bits per heavy atom. The lowest BCUT2D eigenvalue weighted by atomic mass is 10.1. The molecule has 3 rings (SSSR count). The van der Waals surface area contributed by atoms with Crippen molar-refractivity contribution in [1.82, 2.24) is 14.9 Å². The van der Waals surface area contributed by atoms with Crippen molar-refractivity contribution in [3.8, 4) is 17.3 Å². The largest absolute Gasteiger partial charge is 0.328 e. The van der Waals surface area contributed by atoms with Gasteiger partial charge in [-0.2, -0.15) is 10.4 Å². The lowest BCUT2D eigenvalue weighted by Crippen LogP contribution is -2.09. The Morgan fingerprint density at radius 1 is 1.39 bits per heavy atom. The fourth-order valence-corrected chi connectivity index (χ4v) is 2.13. The maximum Gasteiger partial charge on any atom is 0.0991 e. The van der Waals surface area contributed by atoms with E-state index in [0.717, 1.165) is 22.2 Å². The molecule has 0 spiro atoms. The lowest BCUT2D eigenvalue weighted by Gasteiger charge is -2.07. The summed E-state index contributed by atoms with van der Waals surface area (Å²) in [5.41, 5.74) is 6.84. The second-order valence-corrected chi connectivity index (χ2v) is 3.96. The van der Waals surface area contributed by atoms with Gasteiger partial charge in [0.25, 0.3) is 0 Å². The second-order valence-electron chi connectivity index (χ2n) is 3.96. The second kappa shape index (κ2) is 3.93. The smallest absolute Gasteiger partial charge is 0.0991 e. The van der Waals surface area contributed by atoms with Crippen molar-refractivity contribution >= 4 is 10.9 Å². The molecular weight excluding hydrogens is 226 g/mol. The van der Waals surface area contributed by atoms with Crippen molar-refractivity contribution < 1.29 is 0 Å². The van der Waals surface area contributed by atoms with Gasteiger partial charge in [0, 0.05) is 24.2 Å². The average Bonchev–Trinajstić information content (AvgIpc) is 3.04. The van der Waals surface area contributed by atoms with Crippen molar-refractivity contribution in [3.63, 3.8) is 0 Å². The third-order valence-corrected chi connectivity index (χ3v) is 2.95. The molecule has 0 fully saturated rings. The zero-order valence-electron chi connectivity index (χ0n) is 9.81. The zero-order chi connectivity index (χ0) is 12.5. The van der Waals surface area contributed by atoms with E-state index in [9.17, 15) is 0 Å². The van der Waals surface area contributed by atoms with Gasteiger partial charge in [-0.3, -0.25) is 9.77 Å². The Morgan fingerprint density at radius 2 is 2.28 bits per heavy atom. The van der Waals surface area contributed by atoms with E-state index in [-0.39, 0.29) is 0 Å². The van der Waals surface area contributed by atoms with E-state index in [0.29, 0.717) is 5.56 Å². The van der Waals surface area contributed by atoms with E-state index < -0.39 is 0 Å². The molecule has 0 saturated carbocycles. The number of aromatic amines is 1. The number of hydrogen-bond donors (Lipinski definition) is 2. The van der Waals surface area contributed by atoms with Crippen LogP contribution in [-0.4, -0.2) is 21.9 Å². The fourth-order valence-electron chi connectivity index (χ4n) is 2.13. The minimum absolute atomic E-state index is 0.662. The molecule has 2 heterocycles. The lowest BCUT2D eigenvalue weighted by molar-refractivity contribution is 0.985. The van der Waals surface area contributed by atoms with Crippen LogP contribution in [0.3, 0.4) is 0 Å². The SMILES string of the molecule is CNn1c(-c2cn[nH]c2)cc2cc(C#N)ccc21. The predicted octanol–water partition coefficient (Wildman–Crippen LogP) is 2.08. The van der Waals surface area contributed by atoms with Crippen LogP contribution in [0.4, 0.5) is 0 Å². The molecule has 88 valence electrons. The van der Waals surface area contributed by atoms with Gasteiger partial charge in [0.05, 0.1) is 29.0 Å². The summed E-state index contributed by atoms with van der Waals surface area (Å²) in [5, 5.41) is 16.7. The molecule has 0 aliphatic rings. The van der Waals surface area contributed by atoms with Crippen LogP contribution in [0.2, 0.25) is 0 Å². The standard InChI is InChI=1S/C13H11N5/c1-15-18-12-3-2-9(6-14)4-10(12)5-13(18)11-7-16-17-8-11/h2-5,7-8,15H,1H3,(H,16,17). The maximum absolute atomic E-state index is 8.93. The van der Waals surface area contributed by atoms with Gasteiger partial charge in [-0.25, -0.2) is 0 Å². The molecule has 0 amide bonds. The number of aromatic nitrogens is 3. The third kappa shape index (κ3) is 1.44. The number of fused-ring (bicyclic) bond motifs is 1. The third-order valence-electron chi connectivity index (χ3n) is 2.95. The van der Waals surface area contributed by atoms with Crippen LogP contribution < -0.4 is 5.43 Å².